The predicted octanol–water partition coefficient (Wildman–Crippen LogP) is 2.26. The van der Waals surface area contributed by atoms with Gasteiger partial charge in [-0.2, -0.15) is 0 Å². The van der Waals surface area contributed by atoms with E-state index in [0.717, 1.165) is 67.2 Å². The van der Waals surface area contributed by atoms with Crippen LogP contribution in [0.3, 0.4) is 0 Å². The number of nitrogens with zero attached hydrogens (tertiary/aromatic N) is 3. The monoisotopic (exact) mass is 364 g/mol. The van der Waals surface area contributed by atoms with Gasteiger partial charge < -0.3 is 4.74 Å². The summed E-state index contributed by atoms with van der Waals surface area (Å²) < 4.78 is 7.38. The zero-order chi connectivity index (χ0) is 18.5. The summed E-state index contributed by atoms with van der Waals surface area (Å²) in [6.07, 6.45) is 2.82. The fourth-order valence-corrected chi connectivity index (χ4v) is 4.32. The lowest BCUT2D eigenvalue weighted by molar-refractivity contribution is 0.254. The van der Waals surface area contributed by atoms with Gasteiger partial charge in [-0.05, 0) is 37.5 Å². The van der Waals surface area contributed by atoms with Gasteiger partial charge in [0.25, 0.3) is 5.56 Å². The fourth-order valence-electron chi connectivity index (χ4n) is 4.32. The molecule has 5 rings (SSSR count). The number of hydrogen-bond acceptors (Lipinski definition) is 4. The first-order valence-corrected chi connectivity index (χ1v) is 9.68. The van der Waals surface area contributed by atoms with Crippen LogP contribution in [0, 0.1) is 6.92 Å². The Morgan fingerprint density at radius 2 is 2.11 bits per heavy atom. The number of H-pyrrole nitrogens is 1. The quantitative estimate of drug-likeness (QED) is 0.758. The van der Waals surface area contributed by atoms with Crippen LogP contribution in [0.2, 0.25) is 0 Å². The average Bonchev–Trinajstić information content (AvgIpc) is 3.12. The van der Waals surface area contributed by atoms with Gasteiger partial charge in [-0.25, -0.2) is 9.50 Å². The van der Waals surface area contributed by atoms with E-state index < -0.39 is 0 Å². The smallest absolute Gasteiger partial charge is 0.276 e. The minimum absolute atomic E-state index is 0.0496. The van der Waals surface area contributed by atoms with Crippen molar-refractivity contribution in [2.75, 3.05) is 13.1 Å². The number of benzene rings is 1. The first-order valence-electron chi connectivity index (χ1n) is 9.68. The van der Waals surface area contributed by atoms with E-state index in [0.29, 0.717) is 0 Å². The van der Waals surface area contributed by atoms with Crippen LogP contribution >= 0.6 is 0 Å². The Hall–Kier alpha value is -2.60. The molecule has 0 amide bonds. The topological polar surface area (TPSA) is 62.6 Å². The van der Waals surface area contributed by atoms with Crippen LogP contribution in [-0.4, -0.2) is 38.7 Å². The van der Waals surface area contributed by atoms with Gasteiger partial charge in [-0.15, -0.1) is 0 Å². The van der Waals surface area contributed by atoms with Crippen molar-refractivity contribution in [1.29, 1.82) is 0 Å². The molecule has 6 nitrogen and oxygen atoms in total. The first kappa shape index (κ1) is 16.6. The normalized spacial score (nSPS) is 19.6. The second-order valence-corrected chi connectivity index (χ2v) is 7.83. The standard InChI is InChI=1S/C21H24N4O2/c1-13-9-20-22-18-6-8-24(7-5-17(18)21(26)25(20)23-13)12-15-3-4-19-16(11-15)10-14(2)27-19/h3-4,9,11,14,23H,5-8,10,12H2,1-2H3/t14-/m0/s1. The Morgan fingerprint density at radius 3 is 3.00 bits per heavy atom. The minimum Gasteiger partial charge on any atom is -0.490 e. The van der Waals surface area contributed by atoms with E-state index >= 15 is 0 Å². The number of aryl methyl sites for hydroxylation is 1. The van der Waals surface area contributed by atoms with Crippen molar-refractivity contribution in [3.05, 3.63) is 62.7 Å². The molecule has 0 radical (unpaired) electrons. The van der Waals surface area contributed by atoms with Crippen LogP contribution < -0.4 is 10.3 Å². The zero-order valence-corrected chi connectivity index (χ0v) is 15.8. The number of aromatic amines is 1. The third kappa shape index (κ3) is 2.94. The van der Waals surface area contributed by atoms with Gasteiger partial charge in [0.15, 0.2) is 5.65 Å². The summed E-state index contributed by atoms with van der Waals surface area (Å²) in [4.78, 5) is 20.0. The first-order chi connectivity index (χ1) is 13.1. The second-order valence-electron chi connectivity index (χ2n) is 7.83. The summed E-state index contributed by atoms with van der Waals surface area (Å²) in [7, 11) is 0. The van der Waals surface area contributed by atoms with Gasteiger partial charge in [0.1, 0.15) is 11.9 Å². The molecule has 2 aliphatic heterocycles. The summed E-state index contributed by atoms with van der Waals surface area (Å²) in [5.74, 6) is 1.03. The molecule has 0 fully saturated rings. The molecule has 27 heavy (non-hydrogen) atoms. The van der Waals surface area contributed by atoms with Crippen LogP contribution in [0.4, 0.5) is 0 Å². The maximum atomic E-state index is 12.8. The molecule has 1 atom stereocenters. The van der Waals surface area contributed by atoms with Crippen molar-refractivity contribution < 1.29 is 4.74 Å². The number of hydrogen-bond donors (Lipinski definition) is 1. The van der Waals surface area contributed by atoms with Crippen LogP contribution in [0.1, 0.15) is 35.0 Å². The van der Waals surface area contributed by atoms with Gasteiger partial charge in [-0.3, -0.25) is 14.8 Å². The highest BCUT2D eigenvalue weighted by atomic mass is 16.5. The number of fused-ring (bicyclic) bond motifs is 3. The largest absolute Gasteiger partial charge is 0.490 e. The van der Waals surface area contributed by atoms with Crippen LogP contribution in [0.25, 0.3) is 5.65 Å². The molecule has 0 saturated heterocycles. The van der Waals surface area contributed by atoms with Crippen LogP contribution in [-0.2, 0) is 25.8 Å². The average molecular weight is 364 g/mol. The second kappa shape index (κ2) is 6.23. The lowest BCUT2D eigenvalue weighted by Crippen LogP contribution is -2.26. The lowest BCUT2D eigenvalue weighted by atomic mass is 10.1. The molecule has 0 saturated carbocycles. The van der Waals surface area contributed by atoms with Crippen LogP contribution in [0.15, 0.2) is 29.1 Å². The van der Waals surface area contributed by atoms with E-state index in [1.165, 1.54) is 11.1 Å². The molecule has 140 valence electrons. The predicted molar refractivity (Wildman–Crippen MR) is 103 cm³/mol. The molecular weight excluding hydrogens is 340 g/mol. The van der Waals surface area contributed by atoms with E-state index in [9.17, 15) is 4.79 Å². The van der Waals surface area contributed by atoms with Gasteiger partial charge in [0, 0.05) is 49.8 Å². The Morgan fingerprint density at radius 1 is 1.26 bits per heavy atom. The molecular formula is C21H24N4O2. The van der Waals surface area contributed by atoms with Crippen molar-refractivity contribution in [1.82, 2.24) is 19.5 Å². The van der Waals surface area contributed by atoms with Gasteiger partial charge in [0.05, 0.1) is 5.69 Å². The van der Waals surface area contributed by atoms with Crippen molar-refractivity contribution in [3.63, 3.8) is 0 Å². The maximum absolute atomic E-state index is 12.8. The number of nitrogens with one attached hydrogen (secondary N) is 1. The number of aromatic nitrogens is 3. The van der Waals surface area contributed by atoms with Crippen molar-refractivity contribution in [2.24, 2.45) is 0 Å². The van der Waals surface area contributed by atoms with E-state index in [1.807, 2.05) is 13.0 Å². The highest BCUT2D eigenvalue weighted by Crippen LogP contribution is 2.29. The van der Waals surface area contributed by atoms with Crippen molar-refractivity contribution in [3.8, 4) is 5.75 Å². The SMILES string of the molecule is Cc1cc2nc3c(c(=O)n2[nH]1)CCN(Cc1ccc2c(c1)C[C@H](C)O2)CC3. The van der Waals surface area contributed by atoms with Crippen LogP contribution in [0.5, 0.6) is 5.75 Å². The van der Waals surface area contributed by atoms with E-state index in [1.54, 1.807) is 4.52 Å². The Labute approximate surface area is 157 Å². The van der Waals surface area contributed by atoms with Crippen molar-refractivity contribution in [2.45, 2.75) is 45.8 Å². The molecule has 0 aliphatic carbocycles. The molecule has 1 N–H and O–H groups in total. The molecule has 0 unspecified atom stereocenters. The third-order valence-electron chi connectivity index (χ3n) is 5.63. The Kier molecular flexibility index (Phi) is 3.82. The number of rotatable bonds is 2. The summed E-state index contributed by atoms with van der Waals surface area (Å²) >= 11 is 0. The molecule has 4 heterocycles. The number of ether oxygens (including phenoxy) is 1. The van der Waals surface area contributed by atoms with Gasteiger partial charge in [-0.1, -0.05) is 12.1 Å². The Balaban J connectivity index is 1.37. The highest BCUT2D eigenvalue weighted by molar-refractivity contribution is 5.42. The summed E-state index contributed by atoms with van der Waals surface area (Å²) in [5, 5.41) is 3.09. The molecule has 3 aromatic rings. The molecule has 2 aliphatic rings. The molecule has 0 bridgehead atoms. The van der Waals surface area contributed by atoms with Gasteiger partial charge >= 0.3 is 0 Å². The van der Waals surface area contributed by atoms with E-state index in [-0.39, 0.29) is 11.7 Å². The Bertz CT molecular complexity index is 1080. The maximum Gasteiger partial charge on any atom is 0.276 e. The van der Waals surface area contributed by atoms with Crippen molar-refractivity contribution >= 4 is 5.65 Å². The molecule has 1 aromatic carbocycles. The zero-order valence-electron chi connectivity index (χ0n) is 15.8. The minimum atomic E-state index is 0.0496. The fraction of sp³-hybridized carbons (Fsp3) is 0.429. The molecule has 2 aromatic heterocycles. The van der Waals surface area contributed by atoms with E-state index in [2.05, 4.69) is 35.1 Å². The lowest BCUT2D eigenvalue weighted by Gasteiger charge is -2.19. The molecule has 0 spiro atoms. The van der Waals surface area contributed by atoms with E-state index in [4.69, 9.17) is 9.72 Å². The summed E-state index contributed by atoms with van der Waals surface area (Å²) in [5.41, 5.74) is 6.15. The summed E-state index contributed by atoms with van der Waals surface area (Å²) in [6.45, 7) is 6.75. The van der Waals surface area contributed by atoms with Gasteiger partial charge in [0.2, 0.25) is 0 Å². The highest BCUT2D eigenvalue weighted by Gasteiger charge is 2.22. The molecule has 6 heteroatoms. The summed E-state index contributed by atoms with van der Waals surface area (Å²) in [6, 6.07) is 8.46. The third-order valence-corrected chi connectivity index (χ3v) is 5.63.